The lowest BCUT2D eigenvalue weighted by atomic mass is 10.1. The van der Waals surface area contributed by atoms with E-state index < -0.39 is 11.2 Å². The van der Waals surface area contributed by atoms with Crippen molar-refractivity contribution in [1.29, 1.82) is 0 Å². The number of aromatic nitrogens is 2. The normalized spacial score (nSPS) is 10.4. The van der Waals surface area contributed by atoms with Gasteiger partial charge in [-0.2, -0.15) is 0 Å². The molecule has 0 aliphatic carbocycles. The highest BCUT2D eigenvalue weighted by molar-refractivity contribution is 5.95. The summed E-state index contributed by atoms with van der Waals surface area (Å²) < 4.78 is 2.42. The molecular weight excluding hydrogens is 256 g/mol. The van der Waals surface area contributed by atoms with E-state index in [-0.39, 0.29) is 12.3 Å². The second-order valence-corrected chi connectivity index (χ2v) is 4.51. The zero-order valence-electron chi connectivity index (χ0n) is 11.3. The van der Waals surface area contributed by atoms with E-state index in [9.17, 15) is 14.4 Å². The van der Waals surface area contributed by atoms with Gasteiger partial charge in [-0.25, -0.2) is 4.79 Å². The average Bonchev–Trinajstić information content (AvgIpc) is 2.47. The molecule has 20 heavy (non-hydrogen) atoms. The molecule has 2 rings (SSSR count). The second kappa shape index (κ2) is 6.14. The summed E-state index contributed by atoms with van der Waals surface area (Å²) >= 11 is 0. The minimum atomic E-state index is -0.452. The maximum Gasteiger partial charge on any atom is 0.331 e. The van der Waals surface area contributed by atoms with Crippen LogP contribution >= 0.6 is 0 Å². The number of ketones is 1. The number of hydrogen-bond acceptors (Lipinski definition) is 3. The van der Waals surface area contributed by atoms with Gasteiger partial charge in [0.05, 0.1) is 6.54 Å². The van der Waals surface area contributed by atoms with Gasteiger partial charge in [-0.3, -0.25) is 14.2 Å². The van der Waals surface area contributed by atoms with Crippen molar-refractivity contribution in [3.05, 3.63) is 69.0 Å². The predicted octanol–water partition coefficient (Wildman–Crippen LogP) is 1.30. The van der Waals surface area contributed by atoms with E-state index >= 15 is 0 Å². The van der Waals surface area contributed by atoms with Crippen molar-refractivity contribution < 1.29 is 4.79 Å². The van der Waals surface area contributed by atoms with Crippen LogP contribution < -0.4 is 11.2 Å². The molecule has 2 aromatic rings. The lowest BCUT2D eigenvalue weighted by Crippen LogP contribution is -2.40. The van der Waals surface area contributed by atoms with E-state index in [0.29, 0.717) is 12.1 Å². The standard InChI is InChI=1S/C15H16N2O3/c1-2-9-16-10-8-14(19)17(15(16)20)11-13(18)12-6-4-3-5-7-12/h3-8,10H,2,9,11H2,1H3. The first kappa shape index (κ1) is 14.0. The second-order valence-electron chi connectivity index (χ2n) is 4.51. The van der Waals surface area contributed by atoms with Crippen molar-refractivity contribution >= 4 is 5.78 Å². The van der Waals surface area contributed by atoms with Crippen LogP contribution in [0.15, 0.2) is 52.2 Å². The molecule has 5 nitrogen and oxygen atoms in total. The van der Waals surface area contributed by atoms with Crippen molar-refractivity contribution in [3.63, 3.8) is 0 Å². The molecule has 0 saturated carbocycles. The minimum Gasteiger partial charge on any atom is -0.300 e. The van der Waals surface area contributed by atoms with E-state index in [2.05, 4.69) is 0 Å². The largest absolute Gasteiger partial charge is 0.331 e. The maximum absolute atomic E-state index is 12.1. The number of Topliss-reactive ketones (excluding diaryl/α,β-unsaturated/α-hetero) is 1. The molecule has 0 atom stereocenters. The van der Waals surface area contributed by atoms with Crippen molar-refractivity contribution in [3.8, 4) is 0 Å². The van der Waals surface area contributed by atoms with Crippen LogP contribution in [0.25, 0.3) is 0 Å². The molecule has 0 saturated heterocycles. The van der Waals surface area contributed by atoms with Gasteiger partial charge in [0, 0.05) is 24.4 Å². The summed E-state index contributed by atoms with van der Waals surface area (Å²) in [5.74, 6) is -0.251. The van der Waals surface area contributed by atoms with Crippen LogP contribution in [0.1, 0.15) is 23.7 Å². The molecule has 1 heterocycles. The molecule has 0 unspecified atom stereocenters. The highest BCUT2D eigenvalue weighted by Crippen LogP contribution is 2.00. The van der Waals surface area contributed by atoms with Gasteiger partial charge in [-0.1, -0.05) is 37.3 Å². The van der Waals surface area contributed by atoms with E-state index in [1.165, 1.54) is 16.8 Å². The van der Waals surface area contributed by atoms with Gasteiger partial charge in [0.25, 0.3) is 5.56 Å². The Bertz CT molecular complexity index is 714. The predicted molar refractivity (Wildman–Crippen MR) is 76.0 cm³/mol. The fourth-order valence-corrected chi connectivity index (χ4v) is 1.97. The molecular formula is C15H16N2O3. The Labute approximate surface area is 116 Å². The number of carbonyl (C=O) groups excluding carboxylic acids is 1. The Morgan fingerprint density at radius 3 is 2.45 bits per heavy atom. The van der Waals surface area contributed by atoms with Crippen molar-refractivity contribution in [2.75, 3.05) is 0 Å². The molecule has 0 spiro atoms. The van der Waals surface area contributed by atoms with Crippen LogP contribution in [0.5, 0.6) is 0 Å². The first-order chi connectivity index (χ1) is 9.63. The van der Waals surface area contributed by atoms with Crippen LogP contribution in [-0.2, 0) is 13.1 Å². The molecule has 1 aromatic heterocycles. The average molecular weight is 272 g/mol. The summed E-state index contributed by atoms with van der Waals surface area (Å²) in [5.41, 5.74) is -0.403. The van der Waals surface area contributed by atoms with Gasteiger partial charge < -0.3 is 4.57 Å². The zero-order valence-corrected chi connectivity index (χ0v) is 11.3. The number of benzene rings is 1. The van der Waals surface area contributed by atoms with Crippen LogP contribution in [0.2, 0.25) is 0 Å². The highest BCUT2D eigenvalue weighted by Gasteiger charge is 2.11. The summed E-state index contributed by atoms with van der Waals surface area (Å²) in [5, 5.41) is 0. The molecule has 104 valence electrons. The maximum atomic E-state index is 12.1. The fourth-order valence-electron chi connectivity index (χ4n) is 1.97. The summed E-state index contributed by atoms with van der Waals surface area (Å²) in [7, 11) is 0. The van der Waals surface area contributed by atoms with E-state index in [1.807, 2.05) is 6.92 Å². The molecule has 1 aromatic carbocycles. The highest BCUT2D eigenvalue weighted by atomic mass is 16.2. The Morgan fingerprint density at radius 2 is 1.80 bits per heavy atom. The third kappa shape index (κ3) is 2.93. The van der Waals surface area contributed by atoms with Crippen LogP contribution in [0.4, 0.5) is 0 Å². The molecule has 0 amide bonds. The zero-order chi connectivity index (χ0) is 14.5. The van der Waals surface area contributed by atoms with Gasteiger partial charge in [0.1, 0.15) is 0 Å². The van der Waals surface area contributed by atoms with Crippen LogP contribution in [0, 0.1) is 0 Å². The van der Waals surface area contributed by atoms with E-state index in [0.717, 1.165) is 11.0 Å². The van der Waals surface area contributed by atoms with Crippen LogP contribution in [-0.4, -0.2) is 14.9 Å². The number of rotatable bonds is 5. The SMILES string of the molecule is CCCn1ccc(=O)n(CC(=O)c2ccccc2)c1=O. The van der Waals surface area contributed by atoms with E-state index in [4.69, 9.17) is 0 Å². The van der Waals surface area contributed by atoms with Crippen molar-refractivity contribution in [2.45, 2.75) is 26.4 Å². The van der Waals surface area contributed by atoms with Gasteiger partial charge in [0.2, 0.25) is 0 Å². The van der Waals surface area contributed by atoms with E-state index in [1.54, 1.807) is 30.3 Å². The number of carbonyl (C=O) groups is 1. The quantitative estimate of drug-likeness (QED) is 0.771. The van der Waals surface area contributed by atoms with Crippen molar-refractivity contribution in [2.24, 2.45) is 0 Å². The summed E-state index contributed by atoms with van der Waals surface area (Å²) in [6, 6.07) is 9.95. The molecule has 5 heteroatoms. The topological polar surface area (TPSA) is 61.1 Å². The first-order valence-corrected chi connectivity index (χ1v) is 6.52. The first-order valence-electron chi connectivity index (χ1n) is 6.52. The summed E-state index contributed by atoms with van der Waals surface area (Å²) in [6.45, 7) is 2.24. The summed E-state index contributed by atoms with van der Waals surface area (Å²) in [4.78, 5) is 36.0. The third-order valence-corrected chi connectivity index (χ3v) is 3.00. The minimum absolute atomic E-state index is 0.230. The lowest BCUT2D eigenvalue weighted by molar-refractivity contribution is 0.0968. The van der Waals surface area contributed by atoms with Gasteiger partial charge in [0.15, 0.2) is 5.78 Å². The van der Waals surface area contributed by atoms with Gasteiger partial charge >= 0.3 is 5.69 Å². The van der Waals surface area contributed by atoms with Gasteiger partial charge in [-0.15, -0.1) is 0 Å². The smallest absolute Gasteiger partial charge is 0.300 e. The molecule has 0 radical (unpaired) electrons. The monoisotopic (exact) mass is 272 g/mol. The summed E-state index contributed by atoms with van der Waals surface area (Å²) in [6.07, 6.45) is 2.25. The van der Waals surface area contributed by atoms with Crippen molar-refractivity contribution in [1.82, 2.24) is 9.13 Å². The Balaban J connectivity index is 2.34. The third-order valence-electron chi connectivity index (χ3n) is 3.00. The molecule has 0 aliphatic rings. The van der Waals surface area contributed by atoms with Gasteiger partial charge in [-0.05, 0) is 6.42 Å². The lowest BCUT2D eigenvalue weighted by Gasteiger charge is -2.08. The molecule has 0 bridgehead atoms. The fraction of sp³-hybridized carbons (Fsp3) is 0.267. The Kier molecular flexibility index (Phi) is 4.30. The molecule has 0 aliphatic heterocycles. The van der Waals surface area contributed by atoms with Crippen LogP contribution in [0.3, 0.4) is 0 Å². The molecule has 0 N–H and O–H groups in total. The number of hydrogen-bond donors (Lipinski definition) is 0. The Hall–Kier alpha value is -2.43. The Morgan fingerprint density at radius 1 is 1.10 bits per heavy atom. The molecule has 0 fully saturated rings. The number of nitrogens with zero attached hydrogens (tertiary/aromatic N) is 2. The number of aryl methyl sites for hydroxylation is 1.